The van der Waals surface area contributed by atoms with Gasteiger partial charge < -0.3 is 4.74 Å². The van der Waals surface area contributed by atoms with Gasteiger partial charge in [0.15, 0.2) is 5.82 Å². The van der Waals surface area contributed by atoms with E-state index < -0.39 is 5.76 Å². The summed E-state index contributed by atoms with van der Waals surface area (Å²) in [5.74, 6) is 0.844. The Hall–Kier alpha value is -2.11. The van der Waals surface area contributed by atoms with Crippen molar-refractivity contribution in [2.24, 2.45) is 0 Å². The van der Waals surface area contributed by atoms with Gasteiger partial charge in [-0.05, 0) is 20.8 Å². The lowest BCUT2D eigenvalue weighted by Gasteiger charge is -2.12. The first-order valence-corrected chi connectivity index (χ1v) is 5.56. The SMILES string of the molecule is COc1c(C)cnc(Cn2c(C)noc2=O)c1C. The summed E-state index contributed by atoms with van der Waals surface area (Å²) in [5.41, 5.74) is 2.66. The van der Waals surface area contributed by atoms with Crippen LogP contribution in [0.1, 0.15) is 22.6 Å². The molecule has 0 unspecified atom stereocenters. The number of aryl methyl sites for hydroxylation is 2. The molecule has 0 amide bonds. The van der Waals surface area contributed by atoms with Crippen molar-refractivity contribution in [3.05, 3.63) is 39.4 Å². The summed E-state index contributed by atoms with van der Waals surface area (Å²) < 4.78 is 11.4. The van der Waals surface area contributed by atoms with Gasteiger partial charge >= 0.3 is 5.76 Å². The van der Waals surface area contributed by atoms with Crippen molar-refractivity contribution in [1.82, 2.24) is 14.7 Å². The molecule has 0 N–H and O–H groups in total. The number of hydrogen-bond acceptors (Lipinski definition) is 5. The van der Waals surface area contributed by atoms with E-state index in [9.17, 15) is 4.79 Å². The number of rotatable bonds is 3. The summed E-state index contributed by atoms with van der Waals surface area (Å²) >= 11 is 0. The Labute approximate surface area is 104 Å². The summed E-state index contributed by atoms with van der Waals surface area (Å²) in [6.07, 6.45) is 1.73. The lowest BCUT2D eigenvalue weighted by Crippen LogP contribution is -2.18. The van der Waals surface area contributed by atoms with Gasteiger partial charge in [0.1, 0.15) is 5.75 Å². The van der Waals surface area contributed by atoms with E-state index in [0.29, 0.717) is 12.4 Å². The molecule has 2 heterocycles. The average molecular weight is 249 g/mol. The van der Waals surface area contributed by atoms with Crippen LogP contribution in [0.25, 0.3) is 0 Å². The third-order valence-corrected chi connectivity index (χ3v) is 2.92. The molecule has 0 aliphatic heterocycles. The van der Waals surface area contributed by atoms with Crippen molar-refractivity contribution in [2.45, 2.75) is 27.3 Å². The minimum absolute atomic E-state index is 0.330. The summed E-state index contributed by atoms with van der Waals surface area (Å²) in [5, 5.41) is 3.62. The highest BCUT2D eigenvalue weighted by Gasteiger charge is 2.13. The van der Waals surface area contributed by atoms with Crippen LogP contribution in [0.2, 0.25) is 0 Å². The molecule has 0 saturated carbocycles. The van der Waals surface area contributed by atoms with E-state index in [1.54, 1.807) is 20.2 Å². The Balaban J connectivity index is 2.45. The fourth-order valence-corrected chi connectivity index (χ4v) is 1.89. The molecule has 0 bridgehead atoms. The van der Waals surface area contributed by atoms with Crippen LogP contribution in [0.3, 0.4) is 0 Å². The normalized spacial score (nSPS) is 10.7. The van der Waals surface area contributed by atoms with Crippen molar-refractivity contribution in [3.63, 3.8) is 0 Å². The first-order valence-electron chi connectivity index (χ1n) is 5.56. The zero-order valence-corrected chi connectivity index (χ0v) is 10.9. The summed E-state index contributed by atoms with van der Waals surface area (Å²) in [4.78, 5) is 15.8. The van der Waals surface area contributed by atoms with Crippen molar-refractivity contribution in [2.75, 3.05) is 7.11 Å². The van der Waals surface area contributed by atoms with Gasteiger partial charge in [-0.3, -0.25) is 14.1 Å². The number of hydrogen-bond donors (Lipinski definition) is 0. The Kier molecular flexibility index (Phi) is 3.18. The second-order valence-electron chi connectivity index (χ2n) is 4.13. The monoisotopic (exact) mass is 249 g/mol. The van der Waals surface area contributed by atoms with Crippen LogP contribution in [-0.4, -0.2) is 21.8 Å². The number of ether oxygens (including phenoxy) is 1. The van der Waals surface area contributed by atoms with Crippen molar-refractivity contribution in [3.8, 4) is 5.75 Å². The molecule has 18 heavy (non-hydrogen) atoms. The number of nitrogens with zero attached hydrogens (tertiary/aromatic N) is 3. The molecule has 0 radical (unpaired) electrons. The molecule has 0 saturated heterocycles. The molecular formula is C12H15N3O3. The quantitative estimate of drug-likeness (QED) is 0.817. The summed E-state index contributed by atoms with van der Waals surface area (Å²) in [6, 6.07) is 0. The molecule has 0 spiro atoms. The van der Waals surface area contributed by atoms with Gasteiger partial charge in [0.05, 0.1) is 19.3 Å². The molecule has 0 atom stereocenters. The van der Waals surface area contributed by atoms with E-state index in [2.05, 4.69) is 14.7 Å². The maximum atomic E-state index is 11.5. The molecule has 6 heteroatoms. The Morgan fingerprint density at radius 1 is 1.39 bits per heavy atom. The lowest BCUT2D eigenvalue weighted by molar-refractivity contribution is 0.375. The van der Waals surface area contributed by atoms with E-state index in [1.807, 2.05) is 13.8 Å². The molecule has 2 aromatic rings. The predicted octanol–water partition coefficient (Wildman–Crippen LogP) is 1.21. The smallest absolute Gasteiger partial charge is 0.441 e. The molecule has 0 aliphatic carbocycles. The second-order valence-corrected chi connectivity index (χ2v) is 4.13. The van der Waals surface area contributed by atoms with E-state index in [4.69, 9.17) is 4.74 Å². The van der Waals surface area contributed by atoms with Gasteiger partial charge in [-0.1, -0.05) is 5.16 Å². The van der Waals surface area contributed by atoms with Crippen molar-refractivity contribution < 1.29 is 9.26 Å². The molecule has 0 fully saturated rings. The third-order valence-electron chi connectivity index (χ3n) is 2.92. The van der Waals surface area contributed by atoms with Gasteiger partial charge in [-0.2, -0.15) is 0 Å². The molecular weight excluding hydrogens is 234 g/mol. The van der Waals surface area contributed by atoms with Crippen LogP contribution in [0, 0.1) is 20.8 Å². The Morgan fingerprint density at radius 2 is 2.11 bits per heavy atom. The van der Waals surface area contributed by atoms with Gasteiger partial charge in [0.2, 0.25) is 0 Å². The predicted molar refractivity (Wildman–Crippen MR) is 64.9 cm³/mol. The van der Waals surface area contributed by atoms with Crippen molar-refractivity contribution >= 4 is 0 Å². The van der Waals surface area contributed by atoms with E-state index >= 15 is 0 Å². The van der Waals surface area contributed by atoms with Gasteiger partial charge in [-0.15, -0.1) is 0 Å². The Morgan fingerprint density at radius 3 is 2.67 bits per heavy atom. The molecule has 2 aromatic heterocycles. The highest BCUT2D eigenvalue weighted by Crippen LogP contribution is 2.24. The highest BCUT2D eigenvalue weighted by atomic mass is 16.5. The largest absolute Gasteiger partial charge is 0.496 e. The van der Waals surface area contributed by atoms with Gasteiger partial charge in [0.25, 0.3) is 0 Å². The standard InChI is InChI=1S/C12H15N3O3/c1-7-5-13-10(8(2)11(7)17-4)6-15-9(3)14-18-12(15)16/h5H,6H2,1-4H3. The van der Waals surface area contributed by atoms with E-state index in [-0.39, 0.29) is 0 Å². The topological polar surface area (TPSA) is 70.2 Å². The first kappa shape index (κ1) is 12.3. The van der Waals surface area contributed by atoms with Crippen LogP contribution in [-0.2, 0) is 6.54 Å². The average Bonchev–Trinajstić information content (AvgIpc) is 2.65. The molecule has 0 aromatic carbocycles. The maximum Gasteiger partial charge on any atom is 0.441 e. The van der Waals surface area contributed by atoms with Gasteiger partial charge in [0, 0.05) is 17.3 Å². The summed E-state index contributed by atoms with van der Waals surface area (Å²) in [7, 11) is 1.62. The van der Waals surface area contributed by atoms with Crippen LogP contribution in [0.5, 0.6) is 5.75 Å². The minimum Gasteiger partial charge on any atom is -0.496 e. The number of methoxy groups -OCH3 is 1. The zero-order valence-electron chi connectivity index (χ0n) is 10.9. The zero-order chi connectivity index (χ0) is 13.3. The van der Waals surface area contributed by atoms with Crippen LogP contribution >= 0.6 is 0 Å². The van der Waals surface area contributed by atoms with Crippen molar-refractivity contribution in [1.29, 1.82) is 0 Å². The molecule has 0 aliphatic rings. The number of aromatic nitrogens is 3. The van der Waals surface area contributed by atoms with Crippen LogP contribution in [0.4, 0.5) is 0 Å². The van der Waals surface area contributed by atoms with E-state index in [1.165, 1.54) is 4.57 Å². The molecule has 6 nitrogen and oxygen atoms in total. The first-order chi connectivity index (χ1) is 8.54. The second kappa shape index (κ2) is 4.64. The van der Waals surface area contributed by atoms with Gasteiger partial charge in [-0.25, -0.2) is 4.79 Å². The fraction of sp³-hybridized carbons (Fsp3) is 0.417. The minimum atomic E-state index is -0.478. The maximum absolute atomic E-state index is 11.5. The van der Waals surface area contributed by atoms with Crippen LogP contribution < -0.4 is 10.5 Å². The highest BCUT2D eigenvalue weighted by molar-refractivity contribution is 5.41. The molecule has 2 rings (SSSR count). The van der Waals surface area contributed by atoms with Crippen LogP contribution in [0.15, 0.2) is 15.5 Å². The fourth-order valence-electron chi connectivity index (χ4n) is 1.89. The molecule has 96 valence electrons. The lowest BCUT2D eigenvalue weighted by atomic mass is 10.1. The number of pyridine rings is 1. The van der Waals surface area contributed by atoms with E-state index in [0.717, 1.165) is 22.6 Å². The summed E-state index contributed by atoms with van der Waals surface area (Å²) in [6.45, 7) is 5.89. The third kappa shape index (κ3) is 2.01. The Bertz CT molecular complexity index is 628.